The van der Waals surface area contributed by atoms with E-state index in [1.165, 1.54) is 23.7 Å². The summed E-state index contributed by atoms with van der Waals surface area (Å²) in [5.41, 5.74) is 0.467. The third-order valence-corrected chi connectivity index (χ3v) is 2.71. The molecule has 0 fully saturated rings. The number of carbonyl (C=O) groups is 1. The van der Waals surface area contributed by atoms with E-state index in [2.05, 4.69) is 32.3 Å². The van der Waals surface area contributed by atoms with Crippen molar-refractivity contribution in [3.8, 4) is 11.8 Å². The summed E-state index contributed by atoms with van der Waals surface area (Å²) in [7, 11) is 0. The molecule has 2 N–H and O–H groups in total. The van der Waals surface area contributed by atoms with Gasteiger partial charge in [-0.05, 0) is 6.07 Å². The first-order valence-electron chi connectivity index (χ1n) is 4.93. The number of aliphatic hydroxyl groups is 1. The molecule has 2 rings (SSSR count). The highest BCUT2D eigenvalue weighted by Gasteiger charge is 2.09. The molecule has 0 bridgehead atoms. The van der Waals surface area contributed by atoms with Crippen molar-refractivity contribution in [2.24, 2.45) is 0 Å². The fraction of sp³-hybridized carbons (Fsp3) is 0.0909. The Morgan fingerprint density at radius 3 is 3.11 bits per heavy atom. The van der Waals surface area contributed by atoms with Gasteiger partial charge in [-0.1, -0.05) is 11.8 Å². The van der Waals surface area contributed by atoms with Crippen LogP contribution in [0.5, 0.6) is 0 Å². The first kappa shape index (κ1) is 12.2. The van der Waals surface area contributed by atoms with Crippen LogP contribution >= 0.6 is 11.3 Å². The summed E-state index contributed by atoms with van der Waals surface area (Å²) in [6, 6.07) is 1.64. The van der Waals surface area contributed by atoms with E-state index in [1.807, 2.05) is 0 Å². The number of aromatic nitrogens is 3. The van der Waals surface area contributed by atoms with Crippen molar-refractivity contribution < 1.29 is 9.90 Å². The van der Waals surface area contributed by atoms with Crippen molar-refractivity contribution in [1.29, 1.82) is 0 Å². The van der Waals surface area contributed by atoms with Gasteiger partial charge < -0.3 is 5.11 Å². The van der Waals surface area contributed by atoms with Gasteiger partial charge in [0, 0.05) is 5.38 Å². The van der Waals surface area contributed by atoms with Crippen molar-refractivity contribution >= 4 is 23.2 Å². The normalized spacial score (nSPS) is 9.39. The van der Waals surface area contributed by atoms with Crippen LogP contribution in [-0.4, -0.2) is 32.8 Å². The molecule has 0 aliphatic rings. The molecule has 0 aromatic carbocycles. The zero-order chi connectivity index (χ0) is 12.8. The van der Waals surface area contributed by atoms with Gasteiger partial charge in [0.1, 0.15) is 6.61 Å². The molecule has 7 heteroatoms. The molecule has 0 unspecified atom stereocenters. The minimum absolute atomic E-state index is 0.150. The van der Waals surface area contributed by atoms with E-state index in [-0.39, 0.29) is 18.5 Å². The maximum Gasteiger partial charge on any atom is 0.258 e. The number of hydrogen-bond acceptors (Lipinski definition) is 6. The molecule has 0 saturated carbocycles. The van der Waals surface area contributed by atoms with E-state index in [9.17, 15) is 4.79 Å². The van der Waals surface area contributed by atoms with Crippen molar-refractivity contribution in [2.75, 3.05) is 11.9 Å². The third-order valence-electron chi connectivity index (χ3n) is 1.86. The Balaban J connectivity index is 2.08. The number of anilines is 1. The molecule has 0 atom stereocenters. The number of hydrogen-bond donors (Lipinski definition) is 2. The zero-order valence-electron chi connectivity index (χ0n) is 9.12. The standard InChI is InChI=1S/C11H8N4O2S/c16-5-1-2-9-6-8(7-18-9)10(17)14-11-12-3-4-13-15-11/h3-4,6-7,16H,5H2,(H,12,14,15,17). The lowest BCUT2D eigenvalue weighted by atomic mass is 10.3. The maximum absolute atomic E-state index is 11.8. The molecule has 1 amide bonds. The number of thiophene rings is 1. The molecule has 0 spiro atoms. The number of aliphatic hydroxyl groups excluding tert-OH is 1. The smallest absolute Gasteiger partial charge is 0.258 e. The van der Waals surface area contributed by atoms with Crippen LogP contribution in [0.25, 0.3) is 0 Å². The van der Waals surface area contributed by atoms with Gasteiger partial charge in [-0.3, -0.25) is 10.1 Å². The summed E-state index contributed by atoms with van der Waals surface area (Å²) < 4.78 is 0. The molecule has 18 heavy (non-hydrogen) atoms. The Hall–Kier alpha value is -2.30. The number of nitrogens with one attached hydrogen (secondary N) is 1. The quantitative estimate of drug-likeness (QED) is 0.769. The first-order valence-corrected chi connectivity index (χ1v) is 5.81. The largest absolute Gasteiger partial charge is 0.384 e. The highest BCUT2D eigenvalue weighted by atomic mass is 32.1. The monoisotopic (exact) mass is 260 g/mol. The van der Waals surface area contributed by atoms with E-state index in [0.717, 1.165) is 0 Å². The van der Waals surface area contributed by atoms with Crippen LogP contribution in [0.15, 0.2) is 23.8 Å². The topological polar surface area (TPSA) is 88.0 Å². The van der Waals surface area contributed by atoms with Crippen LogP contribution in [-0.2, 0) is 0 Å². The predicted molar refractivity (Wildman–Crippen MR) is 66.1 cm³/mol. The highest BCUT2D eigenvalue weighted by Crippen LogP contribution is 2.14. The van der Waals surface area contributed by atoms with Gasteiger partial charge in [0.05, 0.1) is 22.8 Å². The van der Waals surface area contributed by atoms with Gasteiger partial charge in [0.2, 0.25) is 5.95 Å². The van der Waals surface area contributed by atoms with E-state index in [1.54, 1.807) is 11.4 Å². The van der Waals surface area contributed by atoms with E-state index in [0.29, 0.717) is 10.4 Å². The molecule has 0 aliphatic heterocycles. The molecular formula is C11H8N4O2S. The first-order chi connectivity index (χ1) is 8.79. The summed E-state index contributed by atoms with van der Waals surface area (Å²) in [4.78, 5) is 16.3. The molecule has 2 aromatic rings. The molecule has 0 aliphatic carbocycles. The molecule has 90 valence electrons. The molecule has 0 radical (unpaired) electrons. The van der Waals surface area contributed by atoms with E-state index in [4.69, 9.17) is 5.11 Å². The van der Waals surface area contributed by atoms with Gasteiger partial charge in [-0.15, -0.1) is 16.4 Å². The van der Waals surface area contributed by atoms with Gasteiger partial charge in [0.15, 0.2) is 0 Å². The van der Waals surface area contributed by atoms with Crippen molar-refractivity contribution in [3.63, 3.8) is 0 Å². The van der Waals surface area contributed by atoms with Crippen molar-refractivity contribution in [2.45, 2.75) is 0 Å². The number of rotatable bonds is 2. The third kappa shape index (κ3) is 3.10. The van der Waals surface area contributed by atoms with Crippen molar-refractivity contribution in [1.82, 2.24) is 15.2 Å². The summed E-state index contributed by atoms with van der Waals surface area (Å²) in [6.07, 6.45) is 2.86. The summed E-state index contributed by atoms with van der Waals surface area (Å²) in [5.74, 6) is 5.07. The predicted octanol–water partition coefficient (Wildman–Crippen LogP) is 0.529. The lowest BCUT2D eigenvalue weighted by molar-refractivity contribution is 0.102. The molecule has 6 nitrogen and oxygen atoms in total. The second-order valence-corrected chi connectivity index (χ2v) is 3.99. The van der Waals surface area contributed by atoms with Crippen LogP contribution in [0, 0.1) is 11.8 Å². The van der Waals surface area contributed by atoms with E-state index >= 15 is 0 Å². The van der Waals surface area contributed by atoms with Crippen LogP contribution in [0.1, 0.15) is 15.2 Å². The Bertz CT molecular complexity index is 600. The van der Waals surface area contributed by atoms with Gasteiger partial charge in [-0.2, -0.15) is 5.10 Å². The second kappa shape index (κ2) is 5.86. The van der Waals surface area contributed by atoms with Crippen LogP contribution in [0.2, 0.25) is 0 Å². The van der Waals surface area contributed by atoms with Crippen molar-refractivity contribution in [3.05, 3.63) is 34.3 Å². The lowest BCUT2D eigenvalue weighted by Gasteiger charge is -1.98. The highest BCUT2D eigenvalue weighted by molar-refractivity contribution is 7.10. The minimum Gasteiger partial charge on any atom is -0.384 e. The molecule has 0 saturated heterocycles. The van der Waals surface area contributed by atoms with Gasteiger partial charge in [0.25, 0.3) is 5.91 Å². The molecule has 2 heterocycles. The molecule has 2 aromatic heterocycles. The fourth-order valence-electron chi connectivity index (χ4n) is 1.13. The number of nitrogens with zero attached hydrogens (tertiary/aromatic N) is 3. The second-order valence-electron chi connectivity index (χ2n) is 3.08. The molecular weight excluding hydrogens is 252 g/mol. The Morgan fingerprint density at radius 2 is 2.39 bits per heavy atom. The lowest BCUT2D eigenvalue weighted by Crippen LogP contribution is -2.13. The Morgan fingerprint density at radius 1 is 1.50 bits per heavy atom. The fourth-order valence-corrected chi connectivity index (χ4v) is 1.88. The maximum atomic E-state index is 11.8. The number of carbonyl (C=O) groups excluding carboxylic acids is 1. The summed E-state index contributed by atoms with van der Waals surface area (Å²) in [6.45, 7) is -0.205. The SMILES string of the molecule is O=C(Nc1nccnn1)c1csc(C#CCO)c1. The average molecular weight is 260 g/mol. The van der Waals surface area contributed by atoms with Gasteiger partial charge >= 0.3 is 0 Å². The van der Waals surface area contributed by atoms with E-state index < -0.39 is 0 Å². The van der Waals surface area contributed by atoms with Gasteiger partial charge in [-0.25, -0.2) is 4.98 Å². The van der Waals surface area contributed by atoms with Crippen LogP contribution in [0.3, 0.4) is 0 Å². The Labute approximate surface area is 107 Å². The zero-order valence-corrected chi connectivity index (χ0v) is 9.94. The van der Waals surface area contributed by atoms with Crippen LogP contribution in [0.4, 0.5) is 5.95 Å². The average Bonchev–Trinajstić information content (AvgIpc) is 2.86. The minimum atomic E-state index is -0.323. The Kier molecular flexibility index (Phi) is 3.96. The number of amides is 1. The summed E-state index contributed by atoms with van der Waals surface area (Å²) in [5, 5.41) is 20.0. The van der Waals surface area contributed by atoms with Crippen LogP contribution < -0.4 is 5.32 Å². The summed E-state index contributed by atoms with van der Waals surface area (Å²) >= 11 is 1.33.